The van der Waals surface area contributed by atoms with E-state index >= 15 is 0 Å². The van der Waals surface area contributed by atoms with Gasteiger partial charge in [-0.25, -0.2) is 0 Å². The molecule has 0 saturated carbocycles. The van der Waals surface area contributed by atoms with E-state index in [0.29, 0.717) is 31.5 Å². The molecule has 18 heavy (non-hydrogen) atoms. The summed E-state index contributed by atoms with van der Waals surface area (Å²) in [4.78, 5) is 25.0. The van der Waals surface area contributed by atoms with Gasteiger partial charge in [0, 0.05) is 29.0 Å². The number of nitrogens with two attached hydrogens (primary N) is 1. The first kappa shape index (κ1) is 13.1. The second-order valence-corrected chi connectivity index (χ2v) is 5.39. The third kappa shape index (κ3) is 2.90. The average Bonchev–Trinajstić information content (AvgIpc) is 2.39. The minimum Gasteiger partial charge on any atom is -0.369 e. The predicted molar refractivity (Wildman–Crippen MR) is 72.0 cm³/mol. The van der Waals surface area contributed by atoms with E-state index in [4.69, 9.17) is 5.73 Å². The third-order valence-electron chi connectivity index (χ3n) is 3.28. The highest BCUT2D eigenvalue weighted by atomic mass is 79.9. The Morgan fingerprint density at radius 1 is 1.17 bits per heavy atom. The number of primary amides is 1. The Kier molecular flexibility index (Phi) is 4.01. The summed E-state index contributed by atoms with van der Waals surface area (Å²) in [6.45, 7) is 1.20. The fourth-order valence-electron chi connectivity index (χ4n) is 2.14. The van der Waals surface area contributed by atoms with Crippen LogP contribution in [0.5, 0.6) is 0 Å². The second-order valence-electron chi connectivity index (χ2n) is 4.48. The van der Waals surface area contributed by atoms with E-state index in [9.17, 15) is 9.59 Å². The number of amides is 2. The quantitative estimate of drug-likeness (QED) is 0.905. The van der Waals surface area contributed by atoms with E-state index in [-0.39, 0.29) is 17.7 Å². The van der Waals surface area contributed by atoms with Crippen LogP contribution in [-0.4, -0.2) is 29.8 Å². The van der Waals surface area contributed by atoms with Crippen LogP contribution < -0.4 is 5.73 Å². The largest absolute Gasteiger partial charge is 0.369 e. The molecule has 96 valence electrons. The summed E-state index contributed by atoms with van der Waals surface area (Å²) < 4.78 is 0.950. The number of carbonyl (C=O) groups excluding carboxylic acids is 2. The predicted octanol–water partition coefficient (Wildman–Crippen LogP) is 1.79. The Morgan fingerprint density at radius 3 is 2.22 bits per heavy atom. The Morgan fingerprint density at radius 2 is 1.72 bits per heavy atom. The van der Waals surface area contributed by atoms with Crippen molar-refractivity contribution in [2.24, 2.45) is 11.7 Å². The fourth-order valence-corrected chi connectivity index (χ4v) is 2.41. The minimum absolute atomic E-state index is 0.0189. The SMILES string of the molecule is NC(=O)C1CCN(C(=O)c2ccc(Br)cc2)CC1. The molecule has 1 aromatic carbocycles. The number of benzene rings is 1. The topological polar surface area (TPSA) is 63.4 Å². The molecule has 1 aliphatic rings. The summed E-state index contributed by atoms with van der Waals surface area (Å²) in [6, 6.07) is 7.30. The first-order valence-electron chi connectivity index (χ1n) is 5.92. The third-order valence-corrected chi connectivity index (χ3v) is 3.80. The number of hydrogen-bond donors (Lipinski definition) is 1. The molecule has 0 atom stereocenters. The van der Waals surface area contributed by atoms with Gasteiger partial charge in [0.15, 0.2) is 0 Å². The molecule has 2 rings (SSSR count). The minimum atomic E-state index is -0.259. The van der Waals surface area contributed by atoms with Crippen LogP contribution in [0.25, 0.3) is 0 Å². The lowest BCUT2D eigenvalue weighted by Gasteiger charge is -2.30. The number of rotatable bonds is 2. The number of halogens is 1. The highest BCUT2D eigenvalue weighted by Gasteiger charge is 2.26. The van der Waals surface area contributed by atoms with Crippen LogP contribution in [-0.2, 0) is 4.79 Å². The molecule has 5 heteroatoms. The number of nitrogens with zero attached hydrogens (tertiary/aromatic N) is 1. The molecule has 1 saturated heterocycles. The van der Waals surface area contributed by atoms with Crippen molar-refractivity contribution in [2.45, 2.75) is 12.8 Å². The monoisotopic (exact) mass is 310 g/mol. The van der Waals surface area contributed by atoms with Gasteiger partial charge < -0.3 is 10.6 Å². The molecule has 0 unspecified atom stereocenters. The van der Waals surface area contributed by atoms with Gasteiger partial charge in [-0.15, -0.1) is 0 Å². The number of likely N-dealkylation sites (tertiary alicyclic amines) is 1. The zero-order chi connectivity index (χ0) is 13.1. The standard InChI is InChI=1S/C13H15BrN2O2/c14-11-3-1-10(2-4-11)13(18)16-7-5-9(6-8-16)12(15)17/h1-4,9H,5-8H2,(H2,15,17). The van der Waals surface area contributed by atoms with Crippen molar-refractivity contribution in [1.82, 2.24) is 4.90 Å². The Hall–Kier alpha value is -1.36. The van der Waals surface area contributed by atoms with Crippen molar-refractivity contribution in [3.05, 3.63) is 34.3 Å². The van der Waals surface area contributed by atoms with Crippen LogP contribution in [0.1, 0.15) is 23.2 Å². The number of carbonyl (C=O) groups is 2. The Balaban J connectivity index is 1.99. The molecule has 1 fully saturated rings. The van der Waals surface area contributed by atoms with Crippen molar-refractivity contribution in [3.8, 4) is 0 Å². The Bertz CT molecular complexity index is 451. The summed E-state index contributed by atoms with van der Waals surface area (Å²) in [5.74, 6) is -0.324. The highest BCUT2D eigenvalue weighted by molar-refractivity contribution is 9.10. The van der Waals surface area contributed by atoms with E-state index in [1.54, 1.807) is 17.0 Å². The summed E-state index contributed by atoms with van der Waals surface area (Å²) >= 11 is 3.34. The zero-order valence-electron chi connectivity index (χ0n) is 9.93. The van der Waals surface area contributed by atoms with Crippen LogP contribution in [0, 0.1) is 5.92 Å². The van der Waals surface area contributed by atoms with Gasteiger partial charge in [0.05, 0.1) is 0 Å². The zero-order valence-corrected chi connectivity index (χ0v) is 11.5. The molecule has 2 amide bonds. The first-order valence-corrected chi connectivity index (χ1v) is 6.71. The van der Waals surface area contributed by atoms with E-state index < -0.39 is 0 Å². The number of hydrogen-bond acceptors (Lipinski definition) is 2. The summed E-state index contributed by atoms with van der Waals surface area (Å²) in [5, 5.41) is 0. The van der Waals surface area contributed by atoms with Crippen LogP contribution >= 0.6 is 15.9 Å². The van der Waals surface area contributed by atoms with Gasteiger partial charge >= 0.3 is 0 Å². The van der Waals surface area contributed by atoms with Crippen LogP contribution in [0.2, 0.25) is 0 Å². The molecule has 1 aromatic rings. The van der Waals surface area contributed by atoms with Gasteiger partial charge in [0.2, 0.25) is 5.91 Å². The molecule has 1 aliphatic heterocycles. The lowest BCUT2D eigenvalue weighted by atomic mass is 9.96. The lowest BCUT2D eigenvalue weighted by molar-refractivity contribution is -0.123. The van der Waals surface area contributed by atoms with Gasteiger partial charge in [0.1, 0.15) is 0 Å². The molecule has 4 nitrogen and oxygen atoms in total. The van der Waals surface area contributed by atoms with Crippen LogP contribution in [0.15, 0.2) is 28.7 Å². The van der Waals surface area contributed by atoms with Crippen molar-refractivity contribution in [3.63, 3.8) is 0 Å². The maximum absolute atomic E-state index is 12.2. The van der Waals surface area contributed by atoms with Crippen LogP contribution in [0.4, 0.5) is 0 Å². The van der Waals surface area contributed by atoms with Gasteiger partial charge in [-0.3, -0.25) is 9.59 Å². The van der Waals surface area contributed by atoms with Gasteiger partial charge in [-0.05, 0) is 37.1 Å². The smallest absolute Gasteiger partial charge is 0.253 e. The molecule has 0 spiro atoms. The van der Waals surface area contributed by atoms with E-state index in [1.165, 1.54) is 0 Å². The summed E-state index contributed by atoms with van der Waals surface area (Å²) in [7, 11) is 0. The van der Waals surface area contributed by atoms with Gasteiger partial charge in [0.25, 0.3) is 5.91 Å². The number of piperidine rings is 1. The van der Waals surface area contributed by atoms with E-state index in [0.717, 1.165) is 4.47 Å². The molecule has 0 aromatic heterocycles. The molecule has 0 radical (unpaired) electrons. The molecule has 0 aliphatic carbocycles. The summed E-state index contributed by atoms with van der Waals surface area (Å²) in [6.07, 6.45) is 1.33. The van der Waals surface area contributed by atoms with E-state index in [2.05, 4.69) is 15.9 Å². The second kappa shape index (κ2) is 5.52. The highest BCUT2D eigenvalue weighted by Crippen LogP contribution is 2.19. The van der Waals surface area contributed by atoms with Crippen molar-refractivity contribution >= 4 is 27.7 Å². The van der Waals surface area contributed by atoms with Crippen LogP contribution in [0.3, 0.4) is 0 Å². The lowest BCUT2D eigenvalue weighted by Crippen LogP contribution is -2.41. The molecule has 0 bridgehead atoms. The fraction of sp³-hybridized carbons (Fsp3) is 0.385. The maximum Gasteiger partial charge on any atom is 0.253 e. The normalized spacial score (nSPS) is 16.6. The first-order chi connectivity index (χ1) is 8.58. The van der Waals surface area contributed by atoms with Gasteiger partial charge in [-0.2, -0.15) is 0 Å². The molecule has 2 N–H and O–H groups in total. The van der Waals surface area contributed by atoms with Gasteiger partial charge in [-0.1, -0.05) is 15.9 Å². The van der Waals surface area contributed by atoms with E-state index in [1.807, 2.05) is 12.1 Å². The Labute approximate surface area is 114 Å². The molecule has 1 heterocycles. The van der Waals surface area contributed by atoms with Crippen molar-refractivity contribution in [1.29, 1.82) is 0 Å². The van der Waals surface area contributed by atoms with Crippen molar-refractivity contribution in [2.75, 3.05) is 13.1 Å². The van der Waals surface area contributed by atoms with Crippen molar-refractivity contribution < 1.29 is 9.59 Å². The summed E-state index contributed by atoms with van der Waals surface area (Å²) in [5.41, 5.74) is 5.95. The molecular formula is C13H15BrN2O2. The average molecular weight is 311 g/mol. The maximum atomic E-state index is 12.2. The molecular weight excluding hydrogens is 296 g/mol.